The van der Waals surface area contributed by atoms with Crippen LogP contribution in [-0.2, 0) is 4.79 Å². The lowest BCUT2D eigenvalue weighted by atomic mass is 10.1. The van der Waals surface area contributed by atoms with Gasteiger partial charge in [-0.2, -0.15) is 0 Å². The summed E-state index contributed by atoms with van der Waals surface area (Å²) in [5, 5.41) is 2.19. The SMILES string of the molecule is C[C@@H]1CCCN1C(=O)CN1CC[C@H](Oc2cccc3cnccc23)C1. The zero-order valence-electron chi connectivity index (χ0n) is 14.7. The van der Waals surface area contributed by atoms with Crippen molar-refractivity contribution in [3.05, 3.63) is 36.7 Å². The number of fused-ring (bicyclic) bond motifs is 1. The molecule has 1 aromatic heterocycles. The number of pyridine rings is 1. The van der Waals surface area contributed by atoms with Crippen LogP contribution in [0.15, 0.2) is 36.7 Å². The van der Waals surface area contributed by atoms with Crippen molar-refractivity contribution in [2.24, 2.45) is 0 Å². The summed E-state index contributed by atoms with van der Waals surface area (Å²) in [6.07, 6.45) is 7.03. The van der Waals surface area contributed by atoms with Crippen LogP contribution in [-0.4, -0.2) is 59.0 Å². The van der Waals surface area contributed by atoms with E-state index in [0.29, 0.717) is 12.6 Å². The number of ether oxygens (including phenoxy) is 1. The Balaban J connectivity index is 1.37. The molecule has 0 spiro atoms. The summed E-state index contributed by atoms with van der Waals surface area (Å²) in [4.78, 5) is 20.9. The first kappa shape index (κ1) is 16.3. The van der Waals surface area contributed by atoms with E-state index in [2.05, 4.69) is 16.8 Å². The fourth-order valence-corrected chi connectivity index (χ4v) is 4.00. The van der Waals surface area contributed by atoms with E-state index in [0.717, 1.165) is 55.4 Å². The Labute approximate surface area is 148 Å². The number of benzene rings is 1. The maximum atomic E-state index is 12.5. The molecule has 5 nitrogen and oxygen atoms in total. The first-order valence-corrected chi connectivity index (χ1v) is 9.22. The highest BCUT2D eigenvalue weighted by Crippen LogP contribution is 2.27. The quantitative estimate of drug-likeness (QED) is 0.859. The molecule has 0 unspecified atom stereocenters. The van der Waals surface area contributed by atoms with Gasteiger partial charge >= 0.3 is 0 Å². The third-order valence-corrected chi connectivity index (χ3v) is 5.40. The van der Waals surface area contributed by atoms with Gasteiger partial charge in [-0.05, 0) is 38.3 Å². The molecule has 2 aromatic rings. The second-order valence-electron chi connectivity index (χ2n) is 7.19. The fraction of sp³-hybridized carbons (Fsp3) is 0.500. The molecule has 0 N–H and O–H groups in total. The van der Waals surface area contributed by atoms with Crippen LogP contribution in [0.2, 0.25) is 0 Å². The Bertz CT molecular complexity index is 758. The van der Waals surface area contributed by atoms with Gasteiger partial charge < -0.3 is 9.64 Å². The number of carbonyl (C=O) groups is 1. The van der Waals surface area contributed by atoms with E-state index in [1.54, 1.807) is 6.20 Å². The van der Waals surface area contributed by atoms with Crippen molar-refractivity contribution in [2.45, 2.75) is 38.3 Å². The molecule has 0 aliphatic carbocycles. The summed E-state index contributed by atoms with van der Waals surface area (Å²) in [6, 6.07) is 8.46. The van der Waals surface area contributed by atoms with Gasteiger partial charge in [0.2, 0.25) is 5.91 Å². The van der Waals surface area contributed by atoms with Crippen LogP contribution in [0.4, 0.5) is 0 Å². The highest BCUT2D eigenvalue weighted by molar-refractivity contribution is 5.87. The van der Waals surface area contributed by atoms with Gasteiger partial charge in [-0.15, -0.1) is 0 Å². The van der Waals surface area contributed by atoms with Crippen LogP contribution in [0.1, 0.15) is 26.2 Å². The molecular formula is C20H25N3O2. The summed E-state index contributed by atoms with van der Waals surface area (Å²) >= 11 is 0. The maximum absolute atomic E-state index is 12.5. The summed E-state index contributed by atoms with van der Waals surface area (Å²) in [6.45, 7) is 5.32. The number of aromatic nitrogens is 1. The number of hydrogen-bond acceptors (Lipinski definition) is 4. The molecule has 1 aromatic carbocycles. The molecule has 0 radical (unpaired) electrons. The van der Waals surface area contributed by atoms with Crippen molar-refractivity contribution < 1.29 is 9.53 Å². The second-order valence-corrected chi connectivity index (χ2v) is 7.19. The number of carbonyl (C=O) groups excluding carboxylic acids is 1. The van der Waals surface area contributed by atoms with Gasteiger partial charge in [0.25, 0.3) is 0 Å². The Hall–Kier alpha value is -2.14. The molecule has 2 atom stereocenters. The Morgan fingerprint density at radius 2 is 2.20 bits per heavy atom. The Morgan fingerprint density at radius 3 is 3.04 bits per heavy atom. The highest BCUT2D eigenvalue weighted by Gasteiger charge is 2.30. The van der Waals surface area contributed by atoms with E-state index < -0.39 is 0 Å². The molecule has 25 heavy (non-hydrogen) atoms. The first-order chi connectivity index (χ1) is 12.2. The topological polar surface area (TPSA) is 45.7 Å². The Kier molecular flexibility index (Phi) is 4.57. The van der Waals surface area contributed by atoms with Crippen molar-refractivity contribution in [3.8, 4) is 5.75 Å². The molecule has 2 aliphatic heterocycles. The van der Waals surface area contributed by atoms with Crippen LogP contribution in [0.5, 0.6) is 5.75 Å². The number of amides is 1. The molecule has 1 amide bonds. The molecule has 2 aliphatic rings. The summed E-state index contributed by atoms with van der Waals surface area (Å²) in [5.74, 6) is 1.17. The lowest BCUT2D eigenvalue weighted by Gasteiger charge is -2.24. The molecule has 0 saturated carbocycles. The van der Waals surface area contributed by atoms with Crippen LogP contribution >= 0.6 is 0 Å². The molecule has 2 fully saturated rings. The summed E-state index contributed by atoms with van der Waals surface area (Å²) < 4.78 is 6.25. The Morgan fingerprint density at radius 1 is 1.28 bits per heavy atom. The molecular weight excluding hydrogens is 314 g/mol. The number of nitrogens with zero attached hydrogens (tertiary/aromatic N) is 3. The van der Waals surface area contributed by atoms with E-state index in [1.807, 2.05) is 35.4 Å². The average Bonchev–Trinajstić information content (AvgIpc) is 3.24. The van der Waals surface area contributed by atoms with E-state index >= 15 is 0 Å². The smallest absolute Gasteiger partial charge is 0.236 e. The molecule has 2 saturated heterocycles. The number of likely N-dealkylation sites (tertiary alicyclic amines) is 2. The summed E-state index contributed by atoms with van der Waals surface area (Å²) in [7, 11) is 0. The zero-order chi connectivity index (χ0) is 17.2. The minimum Gasteiger partial charge on any atom is -0.488 e. The normalized spacial score (nSPS) is 24.1. The third-order valence-electron chi connectivity index (χ3n) is 5.40. The minimum atomic E-state index is 0.141. The second kappa shape index (κ2) is 7.00. The van der Waals surface area contributed by atoms with E-state index in [-0.39, 0.29) is 12.0 Å². The van der Waals surface area contributed by atoms with Crippen LogP contribution in [0, 0.1) is 0 Å². The van der Waals surface area contributed by atoms with Gasteiger partial charge in [-0.1, -0.05) is 12.1 Å². The van der Waals surface area contributed by atoms with Gasteiger partial charge in [-0.25, -0.2) is 0 Å². The van der Waals surface area contributed by atoms with Crippen molar-refractivity contribution >= 4 is 16.7 Å². The third kappa shape index (κ3) is 3.47. The van der Waals surface area contributed by atoms with Gasteiger partial charge in [0.15, 0.2) is 0 Å². The molecule has 132 valence electrons. The number of hydrogen-bond donors (Lipinski definition) is 0. The molecule has 0 bridgehead atoms. The van der Waals surface area contributed by atoms with Crippen molar-refractivity contribution in [1.82, 2.24) is 14.8 Å². The minimum absolute atomic E-state index is 0.141. The predicted molar refractivity (Wildman–Crippen MR) is 97.6 cm³/mol. The summed E-state index contributed by atoms with van der Waals surface area (Å²) in [5.41, 5.74) is 0. The van der Waals surface area contributed by atoms with Gasteiger partial charge in [-0.3, -0.25) is 14.7 Å². The van der Waals surface area contributed by atoms with Crippen LogP contribution < -0.4 is 4.74 Å². The lowest BCUT2D eigenvalue weighted by Crippen LogP contribution is -2.41. The van der Waals surface area contributed by atoms with E-state index in [4.69, 9.17) is 4.74 Å². The molecule has 4 rings (SSSR count). The fourth-order valence-electron chi connectivity index (χ4n) is 4.00. The van der Waals surface area contributed by atoms with Gasteiger partial charge in [0.05, 0.1) is 6.54 Å². The largest absolute Gasteiger partial charge is 0.488 e. The highest BCUT2D eigenvalue weighted by atomic mass is 16.5. The predicted octanol–water partition coefficient (Wildman–Crippen LogP) is 2.70. The zero-order valence-corrected chi connectivity index (χ0v) is 14.7. The average molecular weight is 339 g/mol. The van der Waals surface area contributed by atoms with E-state index in [1.165, 1.54) is 0 Å². The van der Waals surface area contributed by atoms with Crippen LogP contribution in [0.3, 0.4) is 0 Å². The molecule has 3 heterocycles. The van der Waals surface area contributed by atoms with Crippen molar-refractivity contribution in [2.75, 3.05) is 26.2 Å². The standard InChI is InChI=1S/C20H25N3O2/c1-15-4-3-10-23(15)20(24)14-22-11-8-17(13-22)25-19-6-2-5-16-12-21-9-7-18(16)19/h2,5-7,9,12,15,17H,3-4,8,10-11,13-14H2,1H3/t15-,17+/m1/s1. The van der Waals surface area contributed by atoms with Gasteiger partial charge in [0.1, 0.15) is 11.9 Å². The van der Waals surface area contributed by atoms with Crippen LogP contribution in [0.25, 0.3) is 10.8 Å². The van der Waals surface area contributed by atoms with E-state index in [9.17, 15) is 4.79 Å². The van der Waals surface area contributed by atoms with Crippen molar-refractivity contribution in [1.29, 1.82) is 0 Å². The monoisotopic (exact) mass is 339 g/mol. The number of rotatable bonds is 4. The molecule has 5 heteroatoms. The first-order valence-electron chi connectivity index (χ1n) is 9.22. The van der Waals surface area contributed by atoms with Gasteiger partial charge in [0, 0.05) is 48.8 Å². The maximum Gasteiger partial charge on any atom is 0.236 e. The lowest BCUT2D eigenvalue weighted by molar-refractivity contribution is -0.132. The van der Waals surface area contributed by atoms with Crippen molar-refractivity contribution in [3.63, 3.8) is 0 Å².